The quantitative estimate of drug-likeness (QED) is 0.627. The number of rotatable bonds is 8. The molecule has 2 atom stereocenters. The second kappa shape index (κ2) is 7.81. The number of methoxy groups -OCH3 is 1. The number of nitrogens with one attached hydrogen (secondary N) is 1. The lowest BCUT2D eigenvalue weighted by Gasteiger charge is -2.15. The van der Waals surface area contributed by atoms with Crippen LogP contribution < -0.4 is 5.32 Å². The Balaban J connectivity index is 2.48. The summed E-state index contributed by atoms with van der Waals surface area (Å²) in [7, 11) is 1.51. The first-order valence-corrected chi connectivity index (χ1v) is 5.80. The lowest BCUT2D eigenvalue weighted by atomic mass is 9.99. The molecule has 1 aromatic rings. The zero-order valence-electron chi connectivity index (χ0n) is 10.4. The molecular weight excluding hydrogens is 234 g/mol. The van der Waals surface area contributed by atoms with Crippen LogP contribution in [0.4, 0.5) is 0 Å². The molecule has 0 amide bonds. The molecule has 0 saturated heterocycles. The number of aliphatic hydroxyl groups is 1. The van der Waals surface area contributed by atoms with Gasteiger partial charge < -0.3 is 20.3 Å². The number of carboxylic acid groups (broad SMARTS) is 1. The van der Waals surface area contributed by atoms with Crippen molar-refractivity contribution in [3.05, 3.63) is 35.9 Å². The van der Waals surface area contributed by atoms with Gasteiger partial charge in [0.15, 0.2) is 0 Å². The van der Waals surface area contributed by atoms with Crippen molar-refractivity contribution < 1.29 is 19.7 Å². The largest absolute Gasteiger partial charge is 0.481 e. The van der Waals surface area contributed by atoms with Crippen molar-refractivity contribution in [3.63, 3.8) is 0 Å². The molecule has 100 valence electrons. The maximum absolute atomic E-state index is 11.2. The van der Waals surface area contributed by atoms with Gasteiger partial charge in [-0.3, -0.25) is 4.79 Å². The highest BCUT2D eigenvalue weighted by Crippen LogP contribution is 2.14. The van der Waals surface area contributed by atoms with Gasteiger partial charge in [-0.15, -0.1) is 0 Å². The lowest BCUT2D eigenvalue weighted by Crippen LogP contribution is -2.34. The molecule has 0 saturated carbocycles. The summed E-state index contributed by atoms with van der Waals surface area (Å²) < 4.78 is 4.79. The van der Waals surface area contributed by atoms with Crippen molar-refractivity contribution in [2.45, 2.75) is 12.0 Å². The zero-order valence-corrected chi connectivity index (χ0v) is 10.4. The summed E-state index contributed by atoms with van der Waals surface area (Å²) in [6.45, 7) is 0.820. The molecule has 0 aliphatic heterocycles. The van der Waals surface area contributed by atoms with Crippen LogP contribution in [-0.2, 0) is 9.53 Å². The molecule has 1 aromatic carbocycles. The topological polar surface area (TPSA) is 78.8 Å². The van der Waals surface area contributed by atoms with E-state index in [0.717, 1.165) is 5.56 Å². The molecule has 2 unspecified atom stereocenters. The predicted octanol–water partition coefficient (Wildman–Crippen LogP) is 0.452. The van der Waals surface area contributed by atoms with Gasteiger partial charge in [-0.2, -0.15) is 0 Å². The summed E-state index contributed by atoms with van der Waals surface area (Å²) in [6.07, 6.45) is -0.625. The molecule has 0 bridgehead atoms. The van der Waals surface area contributed by atoms with Gasteiger partial charge in [0.05, 0.1) is 18.6 Å². The molecule has 5 heteroatoms. The summed E-state index contributed by atoms with van der Waals surface area (Å²) in [6, 6.07) is 9.03. The number of benzene rings is 1. The molecule has 0 fully saturated rings. The van der Waals surface area contributed by atoms with E-state index in [1.165, 1.54) is 7.11 Å². The van der Waals surface area contributed by atoms with Gasteiger partial charge in [0.25, 0.3) is 0 Å². The fraction of sp³-hybridized carbons (Fsp3) is 0.462. The van der Waals surface area contributed by atoms with Gasteiger partial charge in [-0.25, -0.2) is 0 Å². The van der Waals surface area contributed by atoms with Gasteiger partial charge in [0, 0.05) is 20.2 Å². The first kappa shape index (κ1) is 14.6. The Morgan fingerprint density at radius 2 is 2.00 bits per heavy atom. The van der Waals surface area contributed by atoms with Crippen LogP contribution in [0.1, 0.15) is 11.5 Å². The first-order valence-electron chi connectivity index (χ1n) is 5.80. The van der Waals surface area contributed by atoms with E-state index in [4.69, 9.17) is 9.84 Å². The van der Waals surface area contributed by atoms with Crippen molar-refractivity contribution >= 4 is 5.97 Å². The predicted molar refractivity (Wildman–Crippen MR) is 67.6 cm³/mol. The third-order valence-electron chi connectivity index (χ3n) is 2.59. The Morgan fingerprint density at radius 1 is 1.33 bits per heavy atom. The molecule has 0 aliphatic rings. The minimum Gasteiger partial charge on any atom is -0.481 e. The van der Waals surface area contributed by atoms with Gasteiger partial charge in [0.2, 0.25) is 0 Å². The van der Waals surface area contributed by atoms with Crippen LogP contribution >= 0.6 is 0 Å². The van der Waals surface area contributed by atoms with Gasteiger partial charge in [-0.05, 0) is 5.56 Å². The maximum atomic E-state index is 11.2. The number of carbonyl (C=O) groups is 1. The van der Waals surface area contributed by atoms with Crippen LogP contribution in [0, 0.1) is 0 Å². The van der Waals surface area contributed by atoms with Crippen molar-refractivity contribution in [1.29, 1.82) is 0 Å². The molecular formula is C13H19NO4. The average Bonchev–Trinajstić information content (AvgIpc) is 2.35. The Labute approximate surface area is 106 Å². The highest BCUT2D eigenvalue weighted by Gasteiger charge is 2.19. The number of hydrogen-bond donors (Lipinski definition) is 3. The molecule has 0 aliphatic carbocycles. The molecule has 3 N–H and O–H groups in total. The van der Waals surface area contributed by atoms with Crippen molar-refractivity contribution in [2.24, 2.45) is 0 Å². The average molecular weight is 253 g/mol. The number of ether oxygens (including phenoxy) is 1. The molecule has 0 heterocycles. The van der Waals surface area contributed by atoms with Crippen LogP contribution in [0.3, 0.4) is 0 Å². The Bertz CT molecular complexity index is 355. The SMILES string of the molecule is COCC(O)CNCC(C(=O)O)c1ccccc1. The summed E-state index contributed by atoms with van der Waals surface area (Å²) in [4.78, 5) is 11.2. The molecule has 1 rings (SSSR count). The monoisotopic (exact) mass is 253 g/mol. The summed E-state index contributed by atoms with van der Waals surface area (Å²) in [5.74, 6) is -1.49. The van der Waals surface area contributed by atoms with Crippen LogP contribution in [0.15, 0.2) is 30.3 Å². The molecule has 0 spiro atoms. The van der Waals surface area contributed by atoms with Crippen LogP contribution in [0.2, 0.25) is 0 Å². The normalized spacial score (nSPS) is 14.1. The van der Waals surface area contributed by atoms with Crippen LogP contribution in [0.25, 0.3) is 0 Å². The number of aliphatic carboxylic acids is 1. The van der Waals surface area contributed by atoms with Crippen LogP contribution in [0.5, 0.6) is 0 Å². The fourth-order valence-corrected chi connectivity index (χ4v) is 1.68. The molecule has 0 radical (unpaired) electrons. The minimum atomic E-state index is -0.880. The second-order valence-electron chi connectivity index (χ2n) is 4.07. The number of aliphatic hydroxyl groups excluding tert-OH is 1. The molecule has 18 heavy (non-hydrogen) atoms. The van der Waals surface area contributed by atoms with E-state index < -0.39 is 18.0 Å². The van der Waals surface area contributed by atoms with Crippen LogP contribution in [-0.4, -0.2) is 49.1 Å². The van der Waals surface area contributed by atoms with Gasteiger partial charge in [-0.1, -0.05) is 30.3 Å². The first-order chi connectivity index (χ1) is 8.65. The second-order valence-corrected chi connectivity index (χ2v) is 4.07. The Morgan fingerprint density at radius 3 is 2.56 bits per heavy atom. The standard InChI is InChI=1S/C13H19NO4/c1-18-9-11(15)7-14-8-12(13(16)17)10-5-3-2-4-6-10/h2-6,11-12,14-15H,7-9H2,1H3,(H,16,17). The highest BCUT2D eigenvalue weighted by atomic mass is 16.5. The van der Waals surface area contributed by atoms with Crippen molar-refractivity contribution in [3.8, 4) is 0 Å². The summed E-state index contributed by atoms with van der Waals surface area (Å²) >= 11 is 0. The third kappa shape index (κ3) is 4.83. The number of hydrogen-bond acceptors (Lipinski definition) is 4. The fourth-order valence-electron chi connectivity index (χ4n) is 1.68. The highest BCUT2D eigenvalue weighted by molar-refractivity contribution is 5.76. The van der Waals surface area contributed by atoms with E-state index in [2.05, 4.69) is 5.32 Å². The molecule has 5 nitrogen and oxygen atoms in total. The number of carboxylic acids is 1. The van der Waals surface area contributed by atoms with E-state index in [1.807, 2.05) is 18.2 Å². The van der Waals surface area contributed by atoms with E-state index in [9.17, 15) is 9.90 Å². The third-order valence-corrected chi connectivity index (χ3v) is 2.59. The molecule has 0 aromatic heterocycles. The van der Waals surface area contributed by atoms with Gasteiger partial charge in [0.1, 0.15) is 0 Å². The Hall–Kier alpha value is -1.43. The van der Waals surface area contributed by atoms with E-state index >= 15 is 0 Å². The van der Waals surface area contributed by atoms with Crippen molar-refractivity contribution in [1.82, 2.24) is 5.32 Å². The zero-order chi connectivity index (χ0) is 13.4. The van der Waals surface area contributed by atoms with Gasteiger partial charge >= 0.3 is 5.97 Å². The lowest BCUT2D eigenvalue weighted by molar-refractivity contribution is -0.138. The smallest absolute Gasteiger partial charge is 0.312 e. The van der Waals surface area contributed by atoms with Crippen molar-refractivity contribution in [2.75, 3.05) is 26.8 Å². The summed E-state index contributed by atoms with van der Waals surface area (Å²) in [5.41, 5.74) is 0.749. The maximum Gasteiger partial charge on any atom is 0.312 e. The van der Waals surface area contributed by atoms with E-state index in [-0.39, 0.29) is 13.2 Å². The Kier molecular flexibility index (Phi) is 6.35. The minimum absolute atomic E-state index is 0.232. The summed E-state index contributed by atoms with van der Waals surface area (Å²) in [5, 5.41) is 21.5. The van der Waals surface area contributed by atoms with E-state index in [1.54, 1.807) is 12.1 Å². The van der Waals surface area contributed by atoms with E-state index in [0.29, 0.717) is 6.54 Å².